The van der Waals surface area contributed by atoms with Gasteiger partial charge in [0.25, 0.3) is 11.8 Å². The van der Waals surface area contributed by atoms with Gasteiger partial charge in [0, 0.05) is 50.4 Å². The second-order valence-electron chi connectivity index (χ2n) is 11.0. The fourth-order valence-electron chi connectivity index (χ4n) is 5.01. The highest BCUT2D eigenvalue weighted by atomic mass is 16.5. The molecule has 2 aromatic carbocycles. The Balaban J connectivity index is 1.43. The lowest BCUT2D eigenvalue weighted by molar-refractivity contribution is -0.134. The molecule has 4 heterocycles. The summed E-state index contributed by atoms with van der Waals surface area (Å²) in [5, 5.41) is 6.01. The molecule has 0 spiro atoms. The molecule has 214 valence electrons. The lowest BCUT2D eigenvalue weighted by Gasteiger charge is -2.39. The second-order valence-corrected chi connectivity index (χ2v) is 11.0. The van der Waals surface area contributed by atoms with Crippen LogP contribution in [-0.2, 0) is 16.1 Å². The number of piperidine rings is 1. The van der Waals surface area contributed by atoms with Gasteiger partial charge in [-0.1, -0.05) is 38.1 Å². The Morgan fingerprint density at radius 3 is 2.63 bits per heavy atom. The Morgan fingerprint density at radius 2 is 1.83 bits per heavy atom. The fraction of sp³-hybridized carbons (Fsp3) is 0.375. The number of rotatable bonds is 3. The predicted molar refractivity (Wildman–Crippen MR) is 154 cm³/mol. The molecule has 1 saturated heterocycles. The Hall–Kier alpha value is -4.40. The average Bonchev–Trinajstić information content (AvgIpc) is 2.99. The number of ether oxygens (including phenoxy) is 2. The summed E-state index contributed by atoms with van der Waals surface area (Å²) in [6, 6.07) is 16.2. The summed E-state index contributed by atoms with van der Waals surface area (Å²) < 4.78 is 12.1. The van der Waals surface area contributed by atoms with Gasteiger partial charge < -0.3 is 25.0 Å². The van der Waals surface area contributed by atoms with E-state index in [1.54, 1.807) is 18.3 Å². The number of nitrogens with one attached hydrogen (secondary N) is 2. The van der Waals surface area contributed by atoms with Crippen molar-refractivity contribution in [2.24, 2.45) is 5.92 Å². The largest absolute Gasteiger partial charge is 0.488 e. The number of carbonyl (C=O) groups excluding carboxylic acids is 3. The average molecular weight is 557 g/mol. The van der Waals surface area contributed by atoms with Gasteiger partial charge in [0.1, 0.15) is 17.6 Å². The summed E-state index contributed by atoms with van der Waals surface area (Å²) in [5.74, 6) is 1.20. The summed E-state index contributed by atoms with van der Waals surface area (Å²) in [6.45, 7) is 5.37. The van der Waals surface area contributed by atoms with E-state index < -0.39 is 6.04 Å². The third-order valence-corrected chi connectivity index (χ3v) is 7.39. The Morgan fingerprint density at radius 1 is 1.02 bits per heavy atom. The van der Waals surface area contributed by atoms with Gasteiger partial charge in [-0.2, -0.15) is 0 Å². The van der Waals surface area contributed by atoms with Crippen LogP contribution >= 0.6 is 0 Å². The summed E-state index contributed by atoms with van der Waals surface area (Å²) in [6.07, 6.45) is 4.77. The number of benzene rings is 2. The fourth-order valence-corrected chi connectivity index (χ4v) is 5.01. The molecule has 3 aliphatic rings. The SMILES string of the molecule is CC(C)CCC(=O)N1CC[C@@H]2Oc3ccc(cc3)CNC(=O)COc3cccc(c3)-c3cncc(c3)C(=O)N[C@@H]2C1. The smallest absolute Gasteiger partial charge is 0.258 e. The minimum Gasteiger partial charge on any atom is -0.488 e. The highest BCUT2D eigenvalue weighted by Gasteiger charge is 2.34. The minimum atomic E-state index is -0.413. The topological polar surface area (TPSA) is 110 Å². The Bertz CT molecular complexity index is 1390. The number of carbonyl (C=O) groups is 3. The van der Waals surface area contributed by atoms with Crippen molar-refractivity contribution in [3.05, 3.63) is 78.1 Å². The van der Waals surface area contributed by atoms with Crippen molar-refractivity contribution in [2.45, 2.75) is 51.8 Å². The quantitative estimate of drug-likeness (QED) is 0.505. The van der Waals surface area contributed by atoms with Crippen LogP contribution in [0.4, 0.5) is 0 Å². The first-order valence-electron chi connectivity index (χ1n) is 14.1. The zero-order chi connectivity index (χ0) is 28.8. The third kappa shape index (κ3) is 7.42. The molecule has 1 aromatic heterocycles. The van der Waals surface area contributed by atoms with Crippen LogP contribution in [0.3, 0.4) is 0 Å². The molecule has 9 nitrogen and oxygen atoms in total. The monoisotopic (exact) mass is 556 g/mol. The van der Waals surface area contributed by atoms with Crippen LogP contribution in [0.25, 0.3) is 11.1 Å². The van der Waals surface area contributed by atoms with E-state index in [2.05, 4.69) is 29.5 Å². The maximum absolute atomic E-state index is 13.5. The standard InChI is InChI=1S/C32H36N4O5/c1-21(2)6-11-31(38)36-13-12-29-28(19-36)35-32(39)25-14-24(17-33-18-25)23-4-3-5-27(15-23)40-20-30(37)34-16-22-7-9-26(41-29)10-8-22/h3-5,7-10,14-15,17-18,21,28-29H,6,11-13,16,19-20H2,1-2H3,(H,34,37)(H,35,39)/t28-,29+/m1/s1. The summed E-state index contributed by atoms with van der Waals surface area (Å²) in [7, 11) is 0. The molecule has 0 saturated carbocycles. The minimum absolute atomic E-state index is 0.0926. The van der Waals surface area contributed by atoms with Gasteiger partial charge >= 0.3 is 0 Å². The predicted octanol–water partition coefficient (Wildman–Crippen LogP) is 3.97. The molecule has 1 fully saturated rings. The number of aromatic nitrogens is 1. The van der Waals surface area contributed by atoms with Crippen molar-refractivity contribution in [1.82, 2.24) is 20.5 Å². The van der Waals surface area contributed by atoms with Gasteiger partial charge in [0.05, 0.1) is 11.6 Å². The lowest BCUT2D eigenvalue weighted by atomic mass is 9.99. The molecule has 0 unspecified atom stereocenters. The van der Waals surface area contributed by atoms with Gasteiger partial charge in [-0.15, -0.1) is 0 Å². The van der Waals surface area contributed by atoms with Gasteiger partial charge in [-0.25, -0.2) is 0 Å². The second kappa shape index (κ2) is 12.8. The van der Waals surface area contributed by atoms with Crippen LogP contribution in [0, 0.1) is 5.92 Å². The van der Waals surface area contributed by atoms with Crippen LogP contribution in [0.15, 0.2) is 67.0 Å². The van der Waals surface area contributed by atoms with Crippen molar-refractivity contribution in [3.63, 3.8) is 0 Å². The van der Waals surface area contributed by atoms with E-state index in [0.717, 1.165) is 23.1 Å². The Kier molecular flexibility index (Phi) is 8.82. The number of pyridine rings is 1. The molecular weight excluding hydrogens is 520 g/mol. The highest BCUT2D eigenvalue weighted by Crippen LogP contribution is 2.25. The van der Waals surface area contributed by atoms with Gasteiger partial charge in [-0.05, 0) is 53.8 Å². The molecule has 41 heavy (non-hydrogen) atoms. The lowest BCUT2D eigenvalue weighted by Crippen LogP contribution is -2.58. The number of nitrogens with zero attached hydrogens (tertiary/aromatic N) is 2. The summed E-state index contributed by atoms with van der Waals surface area (Å²) >= 11 is 0. The van der Waals surface area contributed by atoms with Crippen molar-refractivity contribution in [3.8, 4) is 22.6 Å². The number of hydrogen-bond donors (Lipinski definition) is 2. The summed E-state index contributed by atoms with van der Waals surface area (Å²) in [4.78, 5) is 45.0. The van der Waals surface area contributed by atoms with E-state index in [9.17, 15) is 14.4 Å². The van der Waals surface area contributed by atoms with E-state index in [4.69, 9.17) is 9.47 Å². The van der Waals surface area contributed by atoms with Crippen LogP contribution < -0.4 is 20.1 Å². The molecular formula is C32H36N4O5. The molecule has 3 aliphatic heterocycles. The molecule has 6 rings (SSSR count). The van der Waals surface area contributed by atoms with E-state index in [0.29, 0.717) is 55.5 Å². The number of hydrogen-bond acceptors (Lipinski definition) is 6. The zero-order valence-corrected chi connectivity index (χ0v) is 23.5. The summed E-state index contributed by atoms with van der Waals surface area (Å²) in [5.41, 5.74) is 2.86. The van der Waals surface area contributed by atoms with E-state index >= 15 is 0 Å². The highest BCUT2D eigenvalue weighted by molar-refractivity contribution is 5.95. The number of likely N-dealkylation sites (tertiary alicyclic amines) is 1. The van der Waals surface area contributed by atoms with Crippen LogP contribution in [0.1, 0.15) is 49.0 Å². The number of fused-ring (bicyclic) bond motifs is 7. The van der Waals surface area contributed by atoms with Gasteiger partial charge in [0.15, 0.2) is 6.61 Å². The third-order valence-electron chi connectivity index (χ3n) is 7.39. The molecule has 6 bridgehead atoms. The number of amides is 3. The van der Waals surface area contributed by atoms with Crippen LogP contribution in [-0.4, -0.2) is 59.4 Å². The first-order chi connectivity index (χ1) is 19.8. The molecule has 3 amide bonds. The van der Waals surface area contributed by atoms with Gasteiger partial charge in [-0.3, -0.25) is 19.4 Å². The molecule has 3 aromatic rings. The van der Waals surface area contributed by atoms with Crippen molar-refractivity contribution < 1.29 is 23.9 Å². The maximum Gasteiger partial charge on any atom is 0.258 e. The van der Waals surface area contributed by atoms with E-state index in [-0.39, 0.29) is 30.4 Å². The maximum atomic E-state index is 13.5. The molecule has 2 N–H and O–H groups in total. The van der Waals surface area contributed by atoms with Crippen molar-refractivity contribution in [2.75, 3.05) is 19.7 Å². The van der Waals surface area contributed by atoms with Gasteiger partial charge in [0.2, 0.25) is 5.91 Å². The molecule has 2 atom stereocenters. The van der Waals surface area contributed by atoms with Crippen molar-refractivity contribution in [1.29, 1.82) is 0 Å². The molecule has 9 heteroatoms. The van der Waals surface area contributed by atoms with Crippen LogP contribution in [0.5, 0.6) is 11.5 Å². The Labute approximate surface area is 240 Å². The normalized spacial score (nSPS) is 19.3. The molecule has 0 radical (unpaired) electrons. The van der Waals surface area contributed by atoms with Crippen LogP contribution in [0.2, 0.25) is 0 Å². The zero-order valence-electron chi connectivity index (χ0n) is 23.5. The first-order valence-corrected chi connectivity index (χ1v) is 14.1. The van der Waals surface area contributed by atoms with Crippen molar-refractivity contribution >= 4 is 17.7 Å². The van der Waals surface area contributed by atoms with E-state index in [1.165, 1.54) is 6.20 Å². The first kappa shape index (κ1) is 28.1. The molecule has 0 aliphatic carbocycles. The van der Waals surface area contributed by atoms with E-state index in [1.807, 2.05) is 47.4 Å².